The van der Waals surface area contributed by atoms with Crippen LogP contribution in [0.4, 0.5) is 11.4 Å². The van der Waals surface area contributed by atoms with E-state index in [1.54, 1.807) is 49.4 Å². The van der Waals surface area contributed by atoms with Gasteiger partial charge >= 0.3 is 0 Å². The highest BCUT2D eigenvalue weighted by atomic mass is 32.2. The van der Waals surface area contributed by atoms with Crippen molar-refractivity contribution in [2.75, 3.05) is 31.4 Å². The lowest BCUT2D eigenvalue weighted by Crippen LogP contribution is -2.33. The molecule has 0 aromatic heterocycles. The van der Waals surface area contributed by atoms with Crippen molar-refractivity contribution in [3.05, 3.63) is 71.8 Å². The number of hydrogen-bond acceptors (Lipinski definition) is 7. The molecule has 0 spiro atoms. The minimum Gasteiger partial charge on any atom is -0.493 e. The molecule has 2 amide bonds. The van der Waals surface area contributed by atoms with Crippen LogP contribution in [-0.2, 0) is 14.6 Å². The number of methoxy groups -OCH3 is 2. The molecular weight excluding hydrogens is 506 g/mol. The number of nitrogens with one attached hydrogen (secondary N) is 3. The van der Waals surface area contributed by atoms with E-state index in [4.69, 9.17) is 9.47 Å². The zero-order valence-corrected chi connectivity index (χ0v) is 22.9. The number of hydrogen-bond donors (Lipinski definition) is 3. The Labute approximate surface area is 223 Å². The molecule has 0 bridgehead atoms. The van der Waals surface area contributed by atoms with Gasteiger partial charge in [0.1, 0.15) is 0 Å². The summed E-state index contributed by atoms with van der Waals surface area (Å²) in [7, 11) is -1.07. The third-order valence-corrected chi connectivity index (χ3v) is 7.76. The molecule has 3 aromatic rings. The lowest BCUT2D eigenvalue weighted by atomic mass is 10.1. The highest BCUT2D eigenvalue weighted by Gasteiger charge is 2.24. The lowest BCUT2D eigenvalue weighted by Gasteiger charge is -2.16. The summed E-state index contributed by atoms with van der Waals surface area (Å²) in [6, 6.07) is 16.0. The lowest BCUT2D eigenvalue weighted by molar-refractivity contribution is -0.114. The predicted octanol–water partition coefficient (Wildman–Crippen LogP) is 4.42. The fourth-order valence-electron chi connectivity index (χ4n) is 3.67. The monoisotopic (exact) mass is 539 g/mol. The van der Waals surface area contributed by atoms with Gasteiger partial charge in [-0.15, -0.1) is 0 Å². The molecule has 38 heavy (non-hydrogen) atoms. The van der Waals surface area contributed by atoms with Gasteiger partial charge in [-0.3, -0.25) is 9.59 Å². The summed E-state index contributed by atoms with van der Waals surface area (Å²) in [6.45, 7) is 5.43. The van der Waals surface area contributed by atoms with Crippen molar-refractivity contribution in [2.45, 2.75) is 43.0 Å². The maximum absolute atomic E-state index is 13.6. The average Bonchev–Trinajstić information content (AvgIpc) is 2.91. The molecule has 0 saturated heterocycles. The fraction of sp³-hybridized carbons (Fsp3) is 0.286. The van der Waals surface area contributed by atoms with Crippen LogP contribution in [0.1, 0.15) is 36.2 Å². The fourth-order valence-corrected chi connectivity index (χ4v) is 5.21. The van der Waals surface area contributed by atoms with E-state index in [0.29, 0.717) is 17.0 Å². The van der Waals surface area contributed by atoms with E-state index in [1.165, 1.54) is 32.4 Å². The van der Waals surface area contributed by atoms with Gasteiger partial charge in [0.15, 0.2) is 11.5 Å². The summed E-state index contributed by atoms with van der Waals surface area (Å²) < 4.78 is 37.6. The Bertz CT molecular complexity index is 1420. The van der Waals surface area contributed by atoms with Gasteiger partial charge in [0.05, 0.1) is 47.5 Å². The molecule has 1 unspecified atom stereocenters. The first-order valence-corrected chi connectivity index (χ1v) is 13.6. The molecule has 3 rings (SSSR count). The van der Waals surface area contributed by atoms with Crippen LogP contribution >= 0.6 is 0 Å². The largest absolute Gasteiger partial charge is 0.493 e. The van der Waals surface area contributed by atoms with Crippen LogP contribution in [0.5, 0.6) is 11.5 Å². The highest BCUT2D eigenvalue weighted by molar-refractivity contribution is 7.91. The van der Waals surface area contributed by atoms with Crippen LogP contribution in [0, 0.1) is 6.92 Å². The van der Waals surface area contributed by atoms with E-state index in [0.717, 1.165) is 12.0 Å². The van der Waals surface area contributed by atoms with Gasteiger partial charge in [0.2, 0.25) is 15.7 Å². The van der Waals surface area contributed by atoms with Crippen molar-refractivity contribution >= 4 is 33.0 Å². The maximum atomic E-state index is 13.6. The molecule has 9 nitrogen and oxygen atoms in total. The second-order valence-electron chi connectivity index (χ2n) is 8.75. The number of sulfone groups is 1. The Kier molecular flexibility index (Phi) is 9.35. The zero-order valence-electron chi connectivity index (χ0n) is 22.1. The second-order valence-corrected chi connectivity index (χ2v) is 10.7. The quantitative estimate of drug-likeness (QED) is 0.330. The van der Waals surface area contributed by atoms with Crippen molar-refractivity contribution in [1.29, 1.82) is 0 Å². The van der Waals surface area contributed by atoms with Crippen molar-refractivity contribution in [1.82, 2.24) is 5.32 Å². The molecule has 10 heteroatoms. The Morgan fingerprint density at radius 1 is 0.921 bits per heavy atom. The van der Waals surface area contributed by atoms with Crippen LogP contribution in [-0.4, -0.2) is 47.0 Å². The van der Waals surface area contributed by atoms with E-state index >= 15 is 0 Å². The number of ether oxygens (including phenoxy) is 2. The van der Waals surface area contributed by atoms with Crippen molar-refractivity contribution in [2.24, 2.45) is 0 Å². The predicted molar refractivity (Wildman–Crippen MR) is 147 cm³/mol. The highest BCUT2D eigenvalue weighted by Crippen LogP contribution is 2.34. The normalized spacial score (nSPS) is 11.8. The van der Waals surface area contributed by atoms with Gasteiger partial charge < -0.3 is 25.4 Å². The van der Waals surface area contributed by atoms with Crippen molar-refractivity contribution < 1.29 is 27.5 Å². The Hall–Kier alpha value is -4.05. The van der Waals surface area contributed by atoms with Crippen LogP contribution in [0.2, 0.25) is 0 Å². The number of carbonyl (C=O) groups excluding carboxylic acids is 2. The van der Waals surface area contributed by atoms with Gasteiger partial charge in [-0.2, -0.15) is 0 Å². The summed E-state index contributed by atoms with van der Waals surface area (Å²) in [4.78, 5) is 25.5. The molecule has 3 aromatic carbocycles. The number of aryl methyl sites for hydroxylation is 1. The molecule has 0 saturated carbocycles. The molecule has 0 aliphatic rings. The smallest absolute Gasteiger partial charge is 0.253 e. The second kappa shape index (κ2) is 12.5. The van der Waals surface area contributed by atoms with Crippen LogP contribution < -0.4 is 25.4 Å². The molecule has 3 N–H and O–H groups in total. The van der Waals surface area contributed by atoms with Crippen molar-refractivity contribution in [3.63, 3.8) is 0 Å². The van der Waals surface area contributed by atoms with Crippen molar-refractivity contribution in [3.8, 4) is 11.5 Å². The van der Waals surface area contributed by atoms with Gasteiger partial charge in [0, 0.05) is 12.1 Å². The first-order chi connectivity index (χ1) is 18.1. The molecule has 202 valence electrons. The van der Waals surface area contributed by atoms with E-state index < -0.39 is 15.7 Å². The molecular formula is C28H33N3O6S. The summed E-state index contributed by atoms with van der Waals surface area (Å²) in [6.07, 6.45) is 0.773. The summed E-state index contributed by atoms with van der Waals surface area (Å²) in [5.74, 6) is -0.0381. The van der Waals surface area contributed by atoms with Crippen LogP contribution in [0.15, 0.2) is 70.5 Å². The molecule has 1 atom stereocenters. The molecule has 0 heterocycles. The zero-order chi connectivity index (χ0) is 27.9. The minimum atomic E-state index is -3.97. The van der Waals surface area contributed by atoms with Gasteiger partial charge in [-0.05, 0) is 62.2 Å². The number of para-hydroxylation sites is 1. The van der Waals surface area contributed by atoms with Gasteiger partial charge in [0.25, 0.3) is 5.91 Å². The Morgan fingerprint density at radius 3 is 2.32 bits per heavy atom. The summed E-state index contributed by atoms with van der Waals surface area (Å²) in [5.41, 5.74) is 1.71. The molecule has 0 aliphatic carbocycles. The maximum Gasteiger partial charge on any atom is 0.253 e. The number of carbonyl (C=O) groups is 2. The summed E-state index contributed by atoms with van der Waals surface area (Å²) >= 11 is 0. The first-order valence-electron chi connectivity index (χ1n) is 12.1. The minimum absolute atomic E-state index is 0.0134. The Morgan fingerprint density at radius 2 is 1.63 bits per heavy atom. The third-order valence-electron chi connectivity index (χ3n) is 5.97. The number of amides is 2. The average molecular weight is 540 g/mol. The van der Waals surface area contributed by atoms with Crippen LogP contribution in [0.3, 0.4) is 0 Å². The van der Waals surface area contributed by atoms with E-state index in [1.807, 2.05) is 13.8 Å². The van der Waals surface area contributed by atoms with Gasteiger partial charge in [-0.1, -0.05) is 25.1 Å². The number of benzene rings is 3. The van der Waals surface area contributed by atoms with E-state index in [9.17, 15) is 18.0 Å². The van der Waals surface area contributed by atoms with E-state index in [-0.39, 0.29) is 39.7 Å². The molecule has 0 radical (unpaired) electrons. The number of rotatable bonds is 11. The first kappa shape index (κ1) is 28.5. The number of anilines is 2. The standard InChI is InChI=1S/C28H33N3O6S/c1-6-19(3)30-28(33)21-9-7-8-10-22(21)31-27(32)17-29-23-13-11-18(2)15-26(23)38(34,35)20-12-14-24(36-4)25(16-20)37-5/h7-16,19,29H,6,17H2,1-5H3,(H,30,33)(H,31,32). The van der Waals surface area contributed by atoms with E-state index in [2.05, 4.69) is 16.0 Å². The molecule has 0 aliphatic heterocycles. The third kappa shape index (κ3) is 6.63. The van der Waals surface area contributed by atoms with Gasteiger partial charge in [-0.25, -0.2) is 8.42 Å². The molecule has 0 fully saturated rings. The van der Waals surface area contributed by atoms with Crippen LogP contribution in [0.25, 0.3) is 0 Å². The SMILES string of the molecule is CCC(C)NC(=O)c1ccccc1NC(=O)CNc1ccc(C)cc1S(=O)(=O)c1ccc(OC)c(OC)c1. The topological polar surface area (TPSA) is 123 Å². The Balaban J connectivity index is 1.82. The summed E-state index contributed by atoms with van der Waals surface area (Å²) in [5, 5.41) is 8.56.